The van der Waals surface area contributed by atoms with Crippen molar-refractivity contribution in [2.45, 2.75) is 52.1 Å². The van der Waals surface area contributed by atoms with Gasteiger partial charge in [0.25, 0.3) is 5.91 Å². The highest BCUT2D eigenvalue weighted by atomic mass is 16.5. The van der Waals surface area contributed by atoms with E-state index in [2.05, 4.69) is 35.8 Å². The number of piperazine rings is 1. The van der Waals surface area contributed by atoms with E-state index in [4.69, 9.17) is 4.74 Å². The summed E-state index contributed by atoms with van der Waals surface area (Å²) >= 11 is 0. The van der Waals surface area contributed by atoms with E-state index in [9.17, 15) is 4.79 Å². The molecule has 2 atom stereocenters. The molecule has 0 radical (unpaired) electrons. The van der Waals surface area contributed by atoms with E-state index in [1.165, 1.54) is 17.0 Å². The van der Waals surface area contributed by atoms with Gasteiger partial charge < -0.3 is 19.4 Å². The SMILES string of the molecule is CCOc1ccccc1N1CC[NH+](CC(=O)N2[C@H](C)CCC[C@@H]2C)CC1. The molecular weight excluding hydrogens is 326 g/mol. The zero-order valence-electron chi connectivity index (χ0n) is 16.5. The van der Waals surface area contributed by atoms with Crippen LogP contribution in [0.15, 0.2) is 24.3 Å². The minimum absolute atomic E-state index is 0.336. The van der Waals surface area contributed by atoms with Gasteiger partial charge in [0.2, 0.25) is 0 Å². The van der Waals surface area contributed by atoms with E-state index < -0.39 is 0 Å². The Labute approximate surface area is 157 Å². The predicted molar refractivity (Wildman–Crippen MR) is 105 cm³/mol. The van der Waals surface area contributed by atoms with Crippen molar-refractivity contribution in [2.24, 2.45) is 0 Å². The van der Waals surface area contributed by atoms with Gasteiger partial charge in [0.1, 0.15) is 5.75 Å². The molecule has 0 spiro atoms. The third kappa shape index (κ3) is 4.32. The Bertz CT molecular complexity index is 589. The summed E-state index contributed by atoms with van der Waals surface area (Å²) in [6.07, 6.45) is 3.54. The van der Waals surface area contributed by atoms with Gasteiger partial charge >= 0.3 is 0 Å². The lowest BCUT2D eigenvalue weighted by molar-refractivity contribution is -0.892. The quantitative estimate of drug-likeness (QED) is 0.866. The summed E-state index contributed by atoms with van der Waals surface area (Å²) in [5.41, 5.74) is 1.18. The number of likely N-dealkylation sites (tertiary alicyclic amines) is 1. The molecule has 2 aliphatic heterocycles. The second-order valence-corrected chi connectivity index (χ2v) is 7.74. The molecule has 3 rings (SSSR count). The number of rotatable bonds is 5. The molecule has 0 aromatic heterocycles. The van der Waals surface area contributed by atoms with Crippen molar-refractivity contribution in [1.29, 1.82) is 0 Å². The standard InChI is InChI=1S/C21H33N3O2/c1-4-26-20-11-6-5-10-19(20)23-14-12-22(13-15-23)16-21(25)24-17(2)8-7-9-18(24)3/h5-6,10-11,17-18H,4,7-9,12-16H2,1-3H3/p+1/t17-,18+. The highest BCUT2D eigenvalue weighted by Crippen LogP contribution is 2.28. The van der Waals surface area contributed by atoms with E-state index in [1.807, 2.05) is 19.1 Å². The Morgan fingerprint density at radius 1 is 1.15 bits per heavy atom. The molecule has 2 fully saturated rings. The smallest absolute Gasteiger partial charge is 0.278 e. The number of nitrogens with one attached hydrogen (secondary N) is 1. The van der Waals surface area contributed by atoms with Crippen LogP contribution in [-0.2, 0) is 4.79 Å². The van der Waals surface area contributed by atoms with Crippen LogP contribution in [0.2, 0.25) is 0 Å². The second-order valence-electron chi connectivity index (χ2n) is 7.74. The van der Waals surface area contributed by atoms with Crippen LogP contribution in [0.3, 0.4) is 0 Å². The van der Waals surface area contributed by atoms with Gasteiger partial charge in [0.05, 0.1) is 38.5 Å². The number of carbonyl (C=O) groups excluding carboxylic acids is 1. The highest BCUT2D eigenvalue weighted by Gasteiger charge is 2.32. The summed E-state index contributed by atoms with van der Waals surface area (Å²) in [4.78, 5) is 18.8. The van der Waals surface area contributed by atoms with Crippen molar-refractivity contribution < 1.29 is 14.4 Å². The van der Waals surface area contributed by atoms with Gasteiger partial charge in [0, 0.05) is 12.1 Å². The first-order valence-electron chi connectivity index (χ1n) is 10.2. The molecule has 0 aliphatic carbocycles. The Morgan fingerprint density at radius 2 is 1.81 bits per heavy atom. The number of ether oxygens (including phenoxy) is 1. The average Bonchev–Trinajstić information content (AvgIpc) is 2.63. The largest absolute Gasteiger partial charge is 0.492 e. The number of para-hydroxylation sites is 2. The van der Waals surface area contributed by atoms with Crippen LogP contribution in [0.25, 0.3) is 0 Å². The van der Waals surface area contributed by atoms with Gasteiger partial charge in [-0.3, -0.25) is 4.79 Å². The van der Waals surface area contributed by atoms with Crippen molar-refractivity contribution in [2.75, 3.05) is 44.2 Å². The number of hydrogen-bond acceptors (Lipinski definition) is 3. The zero-order chi connectivity index (χ0) is 18.5. The van der Waals surface area contributed by atoms with Gasteiger partial charge in [-0.2, -0.15) is 0 Å². The molecule has 5 heteroatoms. The van der Waals surface area contributed by atoms with E-state index in [0.717, 1.165) is 44.8 Å². The maximum atomic E-state index is 12.8. The summed E-state index contributed by atoms with van der Waals surface area (Å²) in [6, 6.07) is 9.06. The molecule has 0 bridgehead atoms. The van der Waals surface area contributed by atoms with Crippen molar-refractivity contribution in [1.82, 2.24) is 4.90 Å². The fourth-order valence-corrected chi connectivity index (χ4v) is 4.45. The number of hydrogen-bond donors (Lipinski definition) is 1. The monoisotopic (exact) mass is 360 g/mol. The zero-order valence-corrected chi connectivity index (χ0v) is 16.5. The first-order valence-corrected chi connectivity index (χ1v) is 10.2. The molecule has 2 heterocycles. The number of quaternary nitrogens is 1. The Morgan fingerprint density at radius 3 is 2.46 bits per heavy atom. The molecule has 0 saturated carbocycles. The van der Waals surface area contributed by atoms with Gasteiger partial charge in [0.15, 0.2) is 6.54 Å². The van der Waals surface area contributed by atoms with Crippen molar-refractivity contribution in [3.05, 3.63) is 24.3 Å². The summed E-state index contributed by atoms with van der Waals surface area (Å²) < 4.78 is 5.78. The highest BCUT2D eigenvalue weighted by molar-refractivity contribution is 5.78. The Balaban J connectivity index is 1.55. The van der Waals surface area contributed by atoms with Crippen molar-refractivity contribution >= 4 is 11.6 Å². The molecule has 1 aromatic carbocycles. The van der Waals surface area contributed by atoms with E-state index in [1.54, 1.807) is 0 Å². The van der Waals surface area contributed by atoms with Crippen LogP contribution >= 0.6 is 0 Å². The van der Waals surface area contributed by atoms with Gasteiger partial charge in [-0.1, -0.05) is 12.1 Å². The summed E-state index contributed by atoms with van der Waals surface area (Å²) in [5.74, 6) is 1.30. The molecule has 2 aliphatic rings. The third-order valence-corrected chi connectivity index (χ3v) is 5.86. The number of amides is 1. The maximum Gasteiger partial charge on any atom is 0.278 e. The summed E-state index contributed by atoms with van der Waals surface area (Å²) in [7, 11) is 0. The molecule has 1 aromatic rings. The van der Waals surface area contributed by atoms with Gasteiger partial charge in [-0.05, 0) is 52.2 Å². The molecule has 1 N–H and O–H groups in total. The number of benzene rings is 1. The van der Waals surface area contributed by atoms with Crippen LogP contribution in [0.5, 0.6) is 5.75 Å². The molecule has 0 unspecified atom stereocenters. The minimum atomic E-state index is 0.336. The summed E-state index contributed by atoms with van der Waals surface area (Å²) in [5, 5.41) is 0. The first kappa shape index (κ1) is 19.0. The molecule has 26 heavy (non-hydrogen) atoms. The lowest BCUT2D eigenvalue weighted by Gasteiger charge is -2.40. The van der Waals surface area contributed by atoms with Crippen LogP contribution in [0.1, 0.15) is 40.0 Å². The topological polar surface area (TPSA) is 37.2 Å². The lowest BCUT2D eigenvalue weighted by Crippen LogP contribution is -3.16. The van der Waals surface area contributed by atoms with Crippen LogP contribution in [-0.4, -0.2) is 62.2 Å². The number of carbonyl (C=O) groups is 1. The molecule has 5 nitrogen and oxygen atoms in total. The molecule has 2 saturated heterocycles. The van der Waals surface area contributed by atoms with Crippen molar-refractivity contribution in [3.63, 3.8) is 0 Å². The number of anilines is 1. The van der Waals surface area contributed by atoms with Crippen LogP contribution in [0.4, 0.5) is 5.69 Å². The van der Waals surface area contributed by atoms with Crippen LogP contribution < -0.4 is 14.5 Å². The molecule has 1 amide bonds. The van der Waals surface area contributed by atoms with Gasteiger partial charge in [-0.25, -0.2) is 0 Å². The van der Waals surface area contributed by atoms with Crippen LogP contribution in [0, 0.1) is 0 Å². The Kier molecular flexibility index (Phi) is 6.41. The fourth-order valence-electron chi connectivity index (χ4n) is 4.45. The van der Waals surface area contributed by atoms with Gasteiger partial charge in [-0.15, -0.1) is 0 Å². The third-order valence-electron chi connectivity index (χ3n) is 5.86. The minimum Gasteiger partial charge on any atom is -0.492 e. The maximum absolute atomic E-state index is 12.8. The average molecular weight is 361 g/mol. The first-order chi connectivity index (χ1) is 12.6. The normalized spacial score (nSPS) is 24.6. The molecule has 144 valence electrons. The van der Waals surface area contributed by atoms with E-state index in [-0.39, 0.29) is 0 Å². The summed E-state index contributed by atoms with van der Waals surface area (Å²) in [6.45, 7) is 11.7. The van der Waals surface area contributed by atoms with Crippen molar-refractivity contribution in [3.8, 4) is 5.75 Å². The molecular formula is C21H34N3O2+. The predicted octanol–water partition coefficient (Wildman–Crippen LogP) is 1.58. The second kappa shape index (κ2) is 8.76. The van der Waals surface area contributed by atoms with E-state index in [0.29, 0.717) is 31.1 Å². The van der Waals surface area contributed by atoms with E-state index >= 15 is 0 Å². The number of nitrogens with zero attached hydrogens (tertiary/aromatic N) is 2. The lowest BCUT2D eigenvalue weighted by atomic mass is 9.97. The Hall–Kier alpha value is -1.75. The number of piperidine rings is 1. The fraction of sp³-hybridized carbons (Fsp3) is 0.667.